The highest BCUT2D eigenvalue weighted by Gasteiger charge is 2.32. The molecular formula is C23H33N5O7S. The van der Waals surface area contributed by atoms with Crippen molar-refractivity contribution in [2.45, 2.75) is 50.0 Å². The molecular weight excluding hydrogens is 490 g/mol. The molecule has 1 aromatic carbocycles. The zero-order chi connectivity index (χ0) is 26.8. The van der Waals surface area contributed by atoms with Crippen molar-refractivity contribution in [3.63, 3.8) is 0 Å². The molecule has 1 heterocycles. The van der Waals surface area contributed by atoms with Crippen molar-refractivity contribution in [3.8, 4) is 0 Å². The first-order valence-corrected chi connectivity index (χ1v) is 12.7. The molecule has 0 spiro atoms. The van der Waals surface area contributed by atoms with Gasteiger partial charge in [-0.2, -0.15) is 11.8 Å². The van der Waals surface area contributed by atoms with Crippen LogP contribution in [0.15, 0.2) is 30.5 Å². The van der Waals surface area contributed by atoms with Crippen LogP contribution < -0.4 is 21.7 Å². The van der Waals surface area contributed by atoms with Crippen LogP contribution in [0.5, 0.6) is 0 Å². The number of nitrogens with one attached hydrogen (secondary N) is 4. The Balaban J connectivity index is 2.08. The lowest BCUT2D eigenvalue weighted by Gasteiger charge is -2.26. The molecule has 0 aliphatic carbocycles. The number of rotatable bonds is 14. The average Bonchev–Trinajstić information content (AvgIpc) is 3.25. The molecule has 0 saturated carbocycles. The van der Waals surface area contributed by atoms with Crippen LogP contribution in [0.1, 0.15) is 18.9 Å². The number of carboxylic acids is 1. The van der Waals surface area contributed by atoms with Crippen LogP contribution in [0.25, 0.3) is 10.9 Å². The van der Waals surface area contributed by atoms with Crippen molar-refractivity contribution in [1.82, 2.24) is 20.9 Å². The molecule has 0 fully saturated rings. The van der Waals surface area contributed by atoms with Crippen molar-refractivity contribution < 1.29 is 34.5 Å². The monoisotopic (exact) mass is 523 g/mol. The molecule has 0 aliphatic rings. The number of aliphatic carboxylic acids is 1. The van der Waals surface area contributed by atoms with E-state index in [0.717, 1.165) is 16.5 Å². The second kappa shape index (κ2) is 13.8. The number of aromatic amines is 1. The first kappa shape index (κ1) is 29.1. The number of hydrogen-bond donors (Lipinski definition) is 8. The van der Waals surface area contributed by atoms with Crippen molar-refractivity contribution in [3.05, 3.63) is 36.0 Å². The van der Waals surface area contributed by atoms with Crippen molar-refractivity contribution >= 4 is 46.4 Å². The number of amides is 3. The van der Waals surface area contributed by atoms with E-state index < -0.39 is 60.6 Å². The molecule has 1 aromatic heterocycles. The summed E-state index contributed by atoms with van der Waals surface area (Å²) in [7, 11) is 0. The standard InChI is InChI=1S/C23H33N5O7S/c1-12(30)19(22(33)27-18(11-29)23(34)35)28-21(32)17(7-8-36-2)26-20(31)15(24)9-13-10-25-16-6-4-3-5-14(13)16/h3-6,10,12,15,17-19,25,29-30H,7-9,11,24H2,1-2H3,(H,26,31)(H,27,33)(H,28,32)(H,34,35). The van der Waals surface area contributed by atoms with Crippen molar-refractivity contribution in [2.75, 3.05) is 18.6 Å². The average molecular weight is 524 g/mol. The van der Waals surface area contributed by atoms with Crippen LogP contribution in [0.2, 0.25) is 0 Å². The topological polar surface area (TPSA) is 207 Å². The Bertz CT molecular complexity index is 1060. The first-order chi connectivity index (χ1) is 17.1. The van der Waals surface area contributed by atoms with Gasteiger partial charge in [0.2, 0.25) is 17.7 Å². The molecule has 0 bridgehead atoms. The highest BCUT2D eigenvalue weighted by atomic mass is 32.2. The fourth-order valence-electron chi connectivity index (χ4n) is 3.52. The van der Waals surface area contributed by atoms with Crippen LogP contribution in [-0.2, 0) is 25.6 Å². The minimum atomic E-state index is -1.61. The molecule has 12 nitrogen and oxygen atoms in total. The van der Waals surface area contributed by atoms with E-state index in [9.17, 15) is 24.3 Å². The highest BCUT2D eigenvalue weighted by Crippen LogP contribution is 2.18. The number of nitrogens with two attached hydrogens (primary N) is 1. The second-order valence-electron chi connectivity index (χ2n) is 8.32. The third-order valence-corrected chi connectivity index (χ3v) is 6.20. The normalized spacial score (nSPS) is 15.4. The number of aliphatic hydroxyl groups is 2. The number of carbonyl (C=O) groups excluding carboxylic acids is 3. The third kappa shape index (κ3) is 7.95. The molecule has 36 heavy (non-hydrogen) atoms. The van der Waals surface area contributed by atoms with Gasteiger partial charge in [-0.1, -0.05) is 18.2 Å². The van der Waals surface area contributed by atoms with Crippen molar-refractivity contribution in [1.29, 1.82) is 0 Å². The number of fused-ring (bicyclic) bond motifs is 1. The van der Waals surface area contributed by atoms with E-state index in [1.807, 2.05) is 30.5 Å². The molecule has 0 saturated heterocycles. The van der Waals surface area contributed by atoms with E-state index >= 15 is 0 Å². The third-order valence-electron chi connectivity index (χ3n) is 5.55. The van der Waals surface area contributed by atoms with E-state index in [0.29, 0.717) is 5.75 Å². The predicted octanol–water partition coefficient (Wildman–Crippen LogP) is -1.30. The van der Waals surface area contributed by atoms with Gasteiger partial charge in [0.1, 0.15) is 18.1 Å². The molecule has 198 valence electrons. The molecule has 3 amide bonds. The summed E-state index contributed by atoms with van der Waals surface area (Å²) in [5.41, 5.74) is 7.88. The predicted molar refractivity (Wildman–Crippen MR) is 135 cm³/mol. The number of aromatic nitrogens is 1. The van der Waals surface area contributed by atoms with Gasteiger partial charge in [-0.3, -0.25) is 14.4 Å². The number of H-pyrrole nitrogens is 1. The second-order valence-corrected chi connectivity index (χ2v) is 9.31. The Morgan fingerprint density at radius 3 is 2.33 bits per heavy atom. The van der Waals surface area contributed by atoms with Crippen LogP contribution >= 0.6 is 11.8 Å². The Labute approximate surface area is 212 Å². The van der Waals surface area contributed by atoms with E-state index in [1.54, 1.807) is 6.20 Å². The molecule has 2 rings (SSSR count). The van der Waals surface area contributed by atoms with Crippen LogP contribution in [0, 0.1) is 0 Å². The van der Waals surface area contributed by atoms with Gasteiger partial charge in [0, 0.05) is 17.1 Å². The minimum Gasteiger partial charge on any atom is -0.480 e. The molecule has 0 radical (unpaired) electrons. The molecule has 5 unspecified atom stereocenters. The lowest BCUT2D eigenvalue weighted by Crippen LogP contribution is -2.60. The number of benzene rings is 1. The van der Waals surface area contributed by atoms with Crippen LogP contribution in [0.3, 0.4) is 0 Å². The lowest BCUT2D eigenvalue weighted by atomic mass is 10.0. The zero-order valence-electron chi connectivity index (χ0n) is 20.1. The minimum absolute atomic E-state index is 0.223. The van der Waals surface area contributed by atoms with Crippen LogP contribution in [-0.4, -0.2) is 92.9 Å². The van der Waals surface area contributed by atoms with Crippen molar-refractivity contribution in [2.24, 2.45) is 5.73 Å². The highest BCUT2D eigenvalue weighted by molar-refractivity contribution is 7.98. The van der Waals surface area contributed by atoms with Crippen LogP contribution in [0.4, 0.5) is 0 Å². The summed E-state index contributed by atoms with van der Waals surface area (Å²) in [5, 5.41) is 36.1. The van der Waals surface area contributed by atoms with Gasteiger partial charge < -0.3 is 42.0 Å². The number of aliphatic hydroxyl groups excluding tert-OH is 2. The molecule has 5 atom stereocenters. The lowest BCUT2D eigenvalue weighted by molar-refractivity contribution is -0.144. The largest absolute Gasteiger partial charge is 0.480 e. The Hall–Kier alpha value is -3.13. The summed E-state index contributed by atoms with van der Waals surface area (Å²) in [5.74, 6) is -3.27. The number of hydrogen-bond acceptors (Lipinski definition) is 8. The maximum atomic E-state index is 13.0. The number of carboxylic acid groups (broad SMARTS) is 1. The van der Waals surface area contributed by atoms with Gasteiger partial charge in [-0.05, 0) is 43.4 Å². The Morgan fingerprint density at radius 1 is 1.06 bits per heavy atom. The number of thioether (sulfide) groups is 1. The van der Waals surface area contributed by atoms with Gasteiger partial charge in [0.15, 0.2) is 0 Å². The fourth-order valence-corrected chi connectivity index (χ4v) is 3.99. The number of carbonyl (C=O) groups is 4. The summed E-state index contributed by atoms with van der Waals surface area (Å²) in [4.78, 5) is 52.5. The van der Waals surface area contributed by atoms with Gasteiger partial charge in [0.05, 0.1) is 18.8 Å². The van der Waals surface area contributed by atoms with Gasteiger partial charge >= 0.3 is 5.97 Å². The van der Waals surface area contributed by atoms with Gasteiger partial charge in [-0.15, -0.1) is 0 Å². The zero-order valence-corrected chi connectivity index (χ0v) is 20.9. The first-order valence-electron chi connectivity index (χ1n) is 11.3. The quantitative estimate of drug-likeness (QED) is 0.148. The van der Waals surface area contributed by atoms with E-state index in [4.69, 9.17) is 15.9 Å². The summed E-state index contributed by atoms with van der Waals surface area (Å²) in [6, 6.07) is 2.45. The van der Waals surface area contributed by atoms with E-state index in [1.165, 1.54) is 18.7 Å². The summed E-state index contributed by atoms with van der Waals surface area (Å²) in [6.45, 7) is 0.369. The Morgan fingerprint density at radius 2 is 1.72 bits per heavy atom. The molecule has 0 aliphatic heterocycles. The van der Waals surface area contributed by atoms with Gasteiger partial charge in [0.25, 0.3) is 0 Å². The maximum Gasteiger partial charge on any atom is 0.328 e. The van der Waals surface area contributed by atoms with E-state index in [-0.39, 0.29) is 12.8 Å². The summed E-state index contributed by atoms with van der Waals surface area (Å²) in [6.07, 6.45) is 2.66. The maximum absolute atomic E-state index is 13.0. The SMILES string of the molecule is CSCCC(NC(=O)C(N)Cc1c[nH]c2ccccc12)C(=O)NC(C(=O)NC(CO)C(=O)O)C(C)O. The summed E-state index contributed by atoms with van der Waals surface area (Å²) >= 11 is 1.45. The fraction of sp³-hybridized carbons (Fsp3) is 0.478. The smallest absolute Gasteiger partial charge is 0.328 e. The van der Waals surface area contributed by atoms with Gasteiger partial charge in [-0.25, -0.2) is 4.79 Å². The molecule has 2 aromatic rings. The molecule has 9 N–H and O–H groups in total. The summed E-state index contributed by atoms with van der Waals surface area (Å²) < 4.78 is 0. The van der Waals surface area contributed by atoms with E-state index in [2.05, 4.69) is 20.9 Å². The Kier molecular flexibility index (Phi) is 11.2. The number of para-hydroxylation sites is 1. The molecule has 13 heteroatoms.